The molecule has 4 aromatic carbocycles. The number of ether oxygens (including phenoxy) is 1. The molecule has 1 unspecified atom stereocenters. The number of carbonyl (C=O) groups excluding carboxylic acids is 1. The van der Waals surface area contributed by atoms with Crippen molar-refractivity contribution in [3.8, 4) is 11.1 Å². The van der Waals surface area contributed by atoms with Gasteiger partial charge < -0.3 is 10.1 Å². The molecule has 0 aromatic heterocycles. The van der Waals surface area contributed by atoms with Crippen LogP contribution in [-0.2, 0) is 16.1 Å². The van der Waals surface area contributed by atoms with Gasteiger partial charge in [-0.15, -0.1) is 0 Å². The van der Waals surface area contributed by atoms with Crippen LogP contribution in [0.4, 0.5) is 14.5 Å². The van der Waals surface area contributed by atoms with Crippen LogP contribution in [0.2, 0.25) is 0 Å². The molecule has 4 rings (SSSR count). The third kappa shape index (κ3) is 6.64. The molecular weight excluding hydrogens is 444 g/mol. The lowest BCUT2D eigenvalue weighted by atomic mass is 9.96. The number of benzene rings is 4. The first-order valence-corrected chi connectivity index (χ1v) is 11.3. The van der Waals surface area contributed by atoms with Crippen LogP contribution in [0.15, 0.2) is 121 Å². The minimum atomic E-state index is -1.83. The van der Waals surface area contributed by atoms with Crippen LogP contribution in [0.3, 0.4) is 0 Å². The van der Waals surface area contributed by atoms with Crippen molar-refractivity contribution in [1.82, 2.24) is 0 Å². The summed E-state index contributed by atoms with van der Waals surface area (Å²) in [4.78, 5) is 13.0. The highest BCUT2D eigenvalue weighted by molar-refractivity contribution is 5.83. The number of esters is 1. The van der Waals surface area contributed by atoms with Crippen molar-refractivity contribution in [2.24, 2.45) is 0 Å². The molecule has 3 nitrogen and oxygen atoms in total. The lowest BCUT2D eigenvalue weighted by molar-refractivity contribution is -0.145. The predicted octanol–water partition coefficient (Wildman–Crippen LogP) is 7.58. The van der Waals surface area contributed by atoms with Crippen LogP contribution in [0.5, 0.6) is 0 Å². The van der Waals surface area contributed by atoms with Crippen molar-refractivity contribution >= 4 is 17.2 Å². The molecule has 0 radical (unpaired) electrons. The number of rotatable bonds is 9. The van der Waals surface area contributed by atoms with Crippen molar-refractivity contribution in [3.05, 3.63) is 132 Å². The molecule has 1 atom stereocenters. The van der Waals surface area contributed by atoms with Crippen LogP contribution < -0.4 is 5.32 Å². The number of anilines is 1. The largest absolute Gasteiger partial charge is 0.459 e. The molecule has 0 spiro atoms. The number of para-hydroxylation sites is 1. The number of carbonyl (C=O) groups is 1. The van der Waals surface area contributed by atoms with Gasteiger partial charge in [-0.25, -0.2) is 4.79 Å². The van der Waals surface area contributed by atoms with Crippen LogP contribution in [0, 0.1) is 0 Å². The van der Waals surface area contributed by atoms with Gasteiger partial charge in [0.15, 0.2) is 0 Å². The Labute approximate surface area is 203 Å². The van der Waals surface area contributed by atoms with Crippen molar-refractivity contribution in [2.75, 3.05) is 5.32 Å². The molecule has 0 saturated heterocycles. The molecule has 0 aliphatic rings. The molecule has 0 saturated carbocycles. The van der Waals surface area contributed by atoms with E-state index in [0.717, 1.165) is 16.7 Å². The highest BCUT2D eigenvalue weighted by atomic mass is 19.3. The second-order valence-corrected chi connectivity index (χ2v) is 8.04. The number of nitrogens with one attached hydrogen (secondary N) is 1. The molecule has 0 aliphatic carbocycles. The fraction of sp³-hybridized carbons (Fsp3) is 0.100. The fourth-order valence-electron chi connectivity index (χ4n) is 3.76. The number of halogens is 2. The van der Waals surface area contributed by atoms with Crippen molar-refractivity contribution < 1.29 is 18.3 Å². The SMILES string of the molecule is O=C(OCc1ccccc1)C(CC(=C(F)F)c1ccc(-c2ccccc2)cc1)Nc1ccccc1. The topological polar surface area (TPSA) is 38.3 Å². The first kappa shape index (κ1) is 23.9. The summed E-state index contributed by atoms with van der Waals surface area (Å²) in [6.07, 6.45) is -2.05. The zero-order valence-corrected chi connectivity index (χ0v) is 19.0. The summed E-state index contributed by atoms with van der Waals surface area (Å²) in [5.41, 5.74) is 3.55. The molecule has 5 heteroatoms. The van der Waals surface area contributed by atoms with Crippen molar-refractivity contribution in [1.29, 1.82) is 0 Å². The molecular formula is C30H25F2NO2. The summed E-state index contributed by atoms with van der Waals surface area (Å²) < 4.78 is 33.7. The highest BCUT2D eigenvalue weighted by Crippen LogP contribution is 2.29. The van der Waals surface area contributed by atoms with E-state index in [2.05, 4.69) is 5.32 Å². The van der Waals surface area contributed by atoms with Gasteiger partial charge in [0.25, 0.3) is 6.08 Å². The Balaban J connectivity index is 1.55. The molecule has 176 valence electrons. The Kier molecular flexibility index (Phi) is 8.02. The second kappa shape index (κ2) is 11.7. The molecule has 4 aromatic rings. The Bertz CT molecular complexity index is 1250. The molecule has 0 fully saturated rings. The van der Waals surface area contributed by atoms with E-state index in [1.54, 1.807) is 36.4 Å². The highest BCUT2D eigenvalue weighted by Gasteiger charge is 2.25. The average Bonchev–Trinajstić information content (AvgIpc) is 2.91. The average molecular weight is 470 g/mol. The van der Waals surface area contributed by atoms with Gasteiger partial charge in [0.05, 0.1) is 0 Å². The van der Waals surface area contributed by atoms with Gasteiger partial charge in [0.2, 0.25) is 0 Å². The van der Waals surface area contributed by atoms with Crippen LogP contribution in [0.1, 0.15) is 17.5 Å². The lowest BCUT2D eigenvalue weighted by Gasteiger charge is -2.20. The van der Waals surface area contributed by atoms with E-state index in [-0.39, 0.29) is 18.6 Å². The van der Waals surface area contributed by atoms with Gasteiger partial charge in [-0.2, -0.15) is 8.78 Å². The molecule has 0 aliphatic heterocycles. The van der Waals surface area contributed by atoms with E-state index >= 15 is 0 Å². The zero-order chi connectivity index (χ0) is 24.5. The first-order valence-electron chi connectivity index (χ1n) is 11.3. The Morgan fingerprint density at radius 3 is 1.86 bits per heavy atom. The monoisotopic (exact) mass is 469 g/mol. The maximum atomic E-state index is 14.1. The Hall–Kier alpha value is -4.25. The maximum absolute atomic E-state index is 14.1. The molecule has 0 heterocycles. The van der Waals surface area contributed by atoms with Crippen LogP contribution in [0.25, 0.3) is 16.7 Å². The summed E-state index contributed by atoms with van der Waals surface area (Å²) in [5, 5.41) is 3.07. The molecule has 35 heavy (non-hydrogen) atoms. The minimum absolute atomic E-state index is 0.0651. The van der Waals surface area contributed by atoms with Gasteiger partial charge in [-0.1, -0.05) is 103 Å². The normalized spacial score (nSPS) is 11.4. The summed E-state index contributed by atoms with van der Waals surface area (Å²) in [7, 11) is 0. The van der Waals surface area contributed by atoms with E-state index in [9.17, 15) is 13.6 Å². The standard InChI is InChI=1S/C30H25F2NO2/c31-29(32)27(25-18-16-24(17-19-25)23-12-6-2-7-13-23)20-28(33-26-14-8-3-9-15-26)30(34)35-21-22-10-4-1-5-11-22/h1-19,28,33H,20-21H2. The second-order valence-electron chi connectivity index (χ2n) is 8.04. The summed E-state index contributed by atoms with van der Waals surface area (Å²) in [5.74, 6) is -0.600. The summed E-state index contributed by atoms with van der Waals surface area (Å²) in [6, 6.07) is 33.9. The molecule has 0 amide bonds. The smallest absolute Gasteiger partial charge is 0.329 e. The fourth-order valence-corrected chi connectivity index (χ4v) is 3.76. The number of hydrogen-bond donors (Lipinski definition) is 1. The van der Waals surface area contributed by atoms with Gasteiger partial charge in [-0.05, 0) is 34.4 Å². The van der Waals surface area contributed by atoms with E-state index in [1.807, 2.05) is 78.9 Å². The van der Waals surface area contributed by atoms with Crippen LogP contribution >= 0.6 is 0 Å². The van der Waals surface area contributed by atoms with E-state index in [4.69, 9.17) is 4.74 Å². The quantitative estimate of drug-likeness (QED) is 0.257. The van der Waals surface area contributed by atoms with Crippen molar-refractivity contribution in [3.63, 3.8) is 0 Å². The first-order chi connectivity index (χ1) is 17.1. The third-order valence-corrected chi connectivity index (χ3v) is 5.60. The Morgan fingerprint density at radius 2 is 1.26 bits per heavy atom. The van der Waals surface area contributed by atoms with E-state index < -0.39 is 18.1 Å². The van der Waals surface area contributed by atoms with Gasteiger partial charge >= 0.3 is 5.97 Å². The zero-order valence-electron chi connectivity index (χ0n) is 19.0. The lowest BCUT2D eigenvalue weighted by Crippen LogP contribution is -2.31. The Morgan fingerprint density at radius 1 is 0.714 bits per heavy atom. The van der Waals surface area contributed by atoms with E-state index in [1.165, 1.54) is 0 Å². The summed E-state index contributed by atoms with van der Waals surface area (Å²) in [6.45, 7) is 0.0651. The van der Waals surface area contributed by atoms with Crippen LogP contribution in [-0.4, -0.2) is 12.0 Å². The predicted molar refractivity (Wildman–Crippen MR) is 136 cm³/mol. The van der Waals surface area contributed by atoms with Gasteiger partial charge in [-0.3, -0.25) is 0 Å². The minimum Gasteiger partial charge on any atom is -0.459 e. The summed E-state index contributed by atoms with van der Waals surface area (Å²) >= 11 is 0. The third-order valence-electron chi connectivity index (χ3n) is 5.60. The maximum Gasteiger partial charge on any atom is 0.329 e. The number of hydrogen-bond acceptors (Lipinski definition) is 3. The van der Waals surface area contributed by atoms with E-state index in [0.29, 0.717) is 11.3 Å². The molecule has 1 N–H and O–H groups in total. The van der Waals surface area contributed by atoms with Gasteiger partial charge in [0.1, 0.15) is 12.6 Å². The van der Waals surface area contributed by atoms with Crippen molar-refractivity contribution in [2.45, 2.75) is 19.1 Å². The van der Waals surface area contributed by atoms with Gasteiger partial charge in [0, 0.05) is 17.7 Å². The molecule has 0 bridgehead atoms.